The third-order valence-corrected chi connectivity index (χ3v) is 6.65. The largest absolute Gasteiger partial charge is 0.497 e. The van der Waals surface area contributed by atoms with Gasteiger partial charge in [0.1, 0.15) is 27.2 Å². The number of hydrogen-bond acceptors (Lipinski definition) is 6. The monoisotopic (exact) mass is 451 g/mol. The summed E-state index contributed by atoms with van der Waals surface area (Å²) in [5.74, 6) is 1.95. The van der Waals surface area contributed by atoms with Crippen molar-refractivity contribution in [3.63, 3.8) is 0 Å². The quantitative estimate of drug-likeness (QED) is 0.399. The van der Waals surface area contributed by atoms with Crippen molar-refractivity contribution in [2.45, 2.75) is 24.3 Å². The minimum Gasteiger partial charge on any atom is -0.497 e. The molecule has 0 spiro atoms. The first kappa shape index (κ1) is 21.8. The van der Waals surface area contributed by atoms with Gasteiger partial charge in [-0.3, -0.25) is 9.67 Å². The summed E-state index contributed by atoms with van der Waals surface area (Å²) in [6.45, 7) is 1.97. The SMILES string of the molecule is CC[C@H](N[S@@](=N)(=O)c1ccc(Oc2ccnc3cc(OC)ccc23)cc1)c1ccn(C)n1. The van der Waals surface area contributed by atoms with Gasteiger partial charge in [-0.15, -0.1) is 0 Å². The highest BCUT2D eigenvalue weighted by Gasteiger charge is 2.19. The highest BCUT2D eigenvalue weighted by atomic mass is 32.2. The smallest absolute Gasteiger partial charge is 0.138 e. The van der Waals surface area contributed by atoms with Crippen LogP contribution < -0.4 is 14.2 Å². The summed E-state index contributed by atoms with van der Waals surface area (Å²) in [4.78, 5) is 4.74. The molecule has 0 bridgehead atoms. The molecule has 32 heavy (non-hydrogen) atoms. The summed E-state index contributed by atoms with van der Waals surface area (Å²) in [5, 5.41) is 5.22. The topological polar surface area (TPSA) is 102 Å². The van der Waals surface area contributed by atoms with Crippen LogP contribution in [-0.2, 0) is 17.0 Å². The number of nitrogens with one attached hydrogen (secondary N) is 2. The molecule has 0 aliphatic carbocycles. The first-order chi connectivity index (χ1) is 15.4. The summed E-state index contributed by atoms with van der Waals surface area (Å²) in [6, 6.07) is 15.7. The first-order valence-electron chi connectivity index (χ1n) is 10.2. The minimum atomic E-state index is -3.22. The Morgan fingerprint density at radius 1 is 1.12 bits per heavy atom. The molecule has 0 amide bonds. The van der Waals surface area contributed by atoms with Gasteiger partial charge in [-0.1, -0.05) is 6.92 Å². The maximum atomic E-state index is 13.1. The van der Waals surface area contributed by atoms with Crippen molar-refractivity contribution in [3.8, 4) is 17.2 Å². The van der Waals surface area contributed by atoms with Gasteiger partial charge in [0, 0.05) is 30.9 Å². The lowest BCUT2D eigenvalue weighted by Gasteiger charge is -2.17. The zero-order chi connectivity index (χ0) is 22.7. The third kappa shape index (κ3) is 4.58. The fraction of sp³-hybridized carbons (Fsp3) is 0.217. The van der Waals surface area contributed by atoms with Crippen molar-refractivity contribution in [2.75, 3.05) is 7.11 Å². The van der Waals surface area contributed by atoms with Crippen LogP contribution in [0.4, 0.5) is 0 Å². The van der Waals surface area contributed by atoms with E-state index in [9.17, 15) is 4.21 Å². The van der Waals surface area contributed by atoms with Gasteiger partial charge >= 0.3 is 0 Å². The number of ether oxygens (including phenoxy) is 2. The van der Waals surface area contributed by atoms with Gasteiger partial charge in [-0.25, -0.2) is 13.7 Å². The zero-order valence-electron chi connectivity index (χ0n) is 18.1. The van der Waals surface area contributed by atoms with Crippen LogP contribution in [0, 0.1) is 4.78 Å². The average molecular weight is 452 g/mol. The van der Waals surface area contributed by atoms with Crippen molar-refractivity contribution in [2.24, 2.45) is 7.05 Å². The Bertz CT molecular complexity index is 1330. The highest BCUT2D eigenvalue weighted by molar-refractivity contribution is 7.90. The van der Waals surface area contributed by atoms with Gasteiger partial charge in [0.2, 0.25) is 0 Å². The second-order valence-corrected chi connectivity index (χ2v) is 9.13. The summed E-state index contributed by atoms with van der Waals surface area (Å²) in [5.41, 5.74) is 1.52. The van der Waals surface area contributed by atoms with Crippen molar-refractivity contribution in [3.05, 3.63) is 72.7 Å². The summed E-state index contributed by atoms with van der Waals surface area (Å²) < 4.78 is 37.5. The van der Waals surface area contributed by atoms with Crippen LogP contribution in [0.15, 0.2) is 71.9 Å². The van der Waals surface area contributed by atoms with Crippen LogP contribution in [0.3, 0.4) is 0 Å². The number of aromatic nitrogens is 3. The molecule has 9 heteroatoms. The van der Waals surface area contributed by atoms with Gasteiger partial charge < -0.3 is 9.47 Å². The first-order valence-corrected chi connectivity index (χ1v) is 11.7. The van der Waals surface area contributed by atoms with Gasteiger partial charge in [0.15, 0.2) is 0 Å². The molecule has 2 heterocycles. The molecule has 4 aromatic rings. The lowest BCUT2D eigenvalue weighted by molar-refractivity contribution is 0.415. The molecule has 2 aromatic carbocycles. The molecule has 0 aliphatic heterocycles. The number of benzene rings is 2. The zero-order valence-corrected chi connectivity index (χ0v) is 18.9. The van der Waals surface area contributed by atoms with Gasteiger partial charge in [-0.05, 0) is 55.0 Å². The van der Waals surface area contributed by atoms with E-state index < -0.39 is 9.92 Å². The number of nitrogens with zero attached hydrogens (tertiary/aromatic N) is 3. The summed E-state index contributed by atoms with van der Waals surface area (Å²) in [7, 11) is 0.220. The molecular formula is C23H25N5O3S. The maximum absolute atomic E-state index is 13.1. The molecule has 166 valence electrons. The Balaban J connectivity index is 1.53. The Kier molecular flexibility index (Phi) is 6.11. The number of aryl methyl sites for hydroxylation is 1. The molecule has 0 unspecified atom stereocenters. The average Bonchev–Trinajstić information content (AvgIpc) is 3.23. The molecule has 0 aliphatic rings. The molecule has 2 atom stereocenters. The lowest BCUT2D eigenvalue weighted by Crippen LogP contribution is -2.27. The number of pyridine rings is 1. The summed E-state index contributed by atoms with van der Waals surface area (Å²) >= 11 is 0. The molecule has 8 nitrogen and oxygen atoms in total. The number of rotatable bonds is 8. The van der Waals surface area contributed by atoms with Crippen LogP contribution in [0.1, 0.15) is 25.1 Å². The Morgan fingerprint density at radius 3 is 2.53 bits per heavy atom. The number of fused-ring (bicyclic) bond motifs is 1. The maximum Gasteiger partial charge on any atom is 0.138 e. The van der Waals surface area contributed by atoms with Crippen LogP contribution in [0.2, 0.25) is 0 Å². The standard InChI is InChI=1S/C23H25N5O3S/c1-4-20(21-12-14-28(2)26-21)27-32(24,29)18-8-5-16(6-9-18)31-23-11-13-25-22-15-17(30-3)7-10-19(22)23/h5-15,20H,4H2,1-3H3,(H2,24,27,29)/t20-,32+/m0/s1. The van der Waals surface area contributed by atoms with Gasteiger partial charge in [0.25, 0.3) is 0 Å². The molecule has 0 fully saturated rings. The van der Waals surface area contributed by atoms with E-state index >= 15 is 0 Å². The number of methoxy groups -OCH3 is 1. The van der Waals surface area contributed by atoms with E-state index in [2.05, 4.69) is 14.8 Å². The molecule has 0 saturated heterocycles. The van der Waals surface area contributed by atoms with E-state index in [1.54, 1.807) is 48.3 Å². The predicted molar refractivity (Wildman–Crippen MR) is 123 cm³/mol. The van der Waals surface area contributed by atoms with Crippen LogP contribution in [-0.4, -0.2) is 26.1 Å². The van der Waals surface area contributed by atoms with Crippen molar-refractivity contribution in [1.82, 2.24) is 19.5 Å². The second kappa shape index (κ2) is 8.97. The normalized spacial score (nSPS) is 14.1. The molecular weight excluding hydrogens is 426 g/mol. The van der Waals surface area contributed by atoms with E-state index in [1.165, 1.54) is 0 Å². The molecule has 0 radical (unpaired) electrons. The van der Waals surface area contributed by atoms with Gasteiger partial charge in [0.05, 0.1) is 29.3 Å². The molecule has 2 aromatic heterocycles. The van der Waals surface area contributed by atoms with E-state index in [4.69, 9.17) is 14.3 Å². The molecule has 0 saturated carbocycles. The lowest BCUT2D eigenvalue weighted by atomic mass is 10.2. The Morgan fingerprint density at radius 2 is 1.88 bits per heavy atom. The van der Waals surface area contributed by atoms with E-state index in [-0.39, 0.29) is 6.04 Å². The Hall–Kier alpha value is -3.43. The van der Waals surface area contributed by atoms with Crippen molar-refractivity contribution < 1.29 is 13.7 Å². The Labute approximate surface area is 187 Å². The van der Waals surface area contributed by atoms with Crippen molar-refractivity contribution >= 4 is 20.8 Å². The van der Waals surface area contributed by atoms with Crippen molar-refractivity contribution in [1.29, 1.82) is 4.78 Å². The van der Waals surface area contributed by atoms with Crippen LogP contribution in [0.5, 0.6) is 17.2 Å². The highest BCUT2D eigenvalue weighted by Crippen LogP contribution is 2.31. The van der Waals surface area contributed by atoms with E-state index in [1.807, 2.05) is 44.4 Å². The summed E-state index contributed by atoms with van der Waals surface area (Å²) in [6.07, 6.45) is 4.17. The van der Waals surface area contributed by atoms with E-state index in [0.717, 1.165) is 22.3 Å². The minimum absolute atomic E-state index is 0.280. The predicted octanol–water partition coefficient (Wildman–Crippen LogP) is 4.83. The fourth-order valence-electron chi connectivity index (χ4n) is 3.38. The van der Waals surface area contributed by atoms with Crippen LogP contribution in [0.25, 0.3) is 10.9 Å². The third-order valence-electron chi connectivity index (χ3n) is 5.10. The fourth-order valence-corrected chi connectivity index (χ4v) is 4.73. The second-order valence-electron chi connectivity index (χ2n) is 7.31. The molecule has 2 N–H and O–H groups in total. The molecule has 4 rings (SSSR count). The van der Waals surface area contributed by atoms with E-state index in [0.29, 0.717) is 22.8 Å². The van der Waals surface area contributed by atoms with Crippen LogP contribution >= 0.6 is 0 Å². The van der Waals surface area contributed by atoms with Gasteiger partial charge in [-0.2, -0.15) is 5.10 Å². The number of hydrogen-bond donors (Lipinski definition) is 2.